The van der Waals surface area contributed by atoms with Crippen molar-refractivity contribution in [3.8, 4) is 0 Å². The molecule has 1 rings (SSSR count). The van der Waals surface area contributed by atoms with Crippen LogP contribution in [0.15, 0.2) is 24.3 Å². The molecule has 0 saturated heterocycles. The summed E-state index contributed by atoms with van der Waals surface area (Å²) in [6.45, 7) is 2.06. The second kappa shape index (κ2) is 5.25. The summed E-state index contributed by atoms with van der Waals surface area (Å²) in [5, 5.41) is 8.93. The molecule has 3 heteroatoms. The molecule has 1 aromatic carbocycles. The highest BCUT2D eigenvalue weighted by Crippen LogP contribution is 2.18. The van der Waals surface area contributed by atoms with Crippen LogP contribution < -0.4 is 0 Å². The van der Waals surface area contributed by atoms with Crippen LogP contribution in [0.2, 0.25) is 0 Å². The third kappa shape index (κ3) is 3.36. The molecule has 1 atom stereocenters. The fourth-order valence-corrected chi connectivity index (χ4v) is 1.70. The highest BCUT2D eigenvalue weighted by atomic mass is 32.2. The average molecular weight is 200 g/mol. The number of benzene rings is 1. The lowest BCUT2D eigenvalue weighted by Gasteiger charge is -2.07. The van der Waals surface area contributed by atoms with E-state index in [2.05, 4.69) is 0 Å². The molecule has 1 unspecified atom stereocenters. The first-order chi connectivity index (χ1) is 6.24. The first kappa shape index (κ1) is 10.5. The summed E-state index contributed by atoms with van der Waals surface area (Å²) in [6, 6.07) is 6.73. The van der Waals surface area contributed by atoms with Gasteiger partial charge in [0.05, 0.1) is 6.61 Å². The van der Waals surface area contributed by atoms with E-state index in [-0.39, 0.29) is 17.7 Å². The number of aliphatic hydroxyl groups excluding tert-OH is 1. The predicted octanol–water partition coefficient (Wildman–Crippen LogP) is 2.44. The van der Waals surface area contributed by atoms with Crippen LogP contribution in [0, 0.1) is 5.82 Å². The van der Waals surface area contributed by atoms with Gasteiger partial charge < -0.3 is 5.11 Å². The summed E-state index contributed by atoms with van der Waals surface area (Å²) in [4.78, 5) is 0. The Morgan fingerprint density at radius 3 is 2.77 bits per heavy atom. The van der Waals surface area contributed by atoms with Crippen LogP contribution in [0.25, 0.3) is 0 Å². The molecule has 0 aliphatic carbocycles. The van der Waals surface area contributed by atoms with Gasteiger partial charge in [-0.2, -0.15) is 11.8 Å². The van der Waals surface area contributed by atoms with Gasteiger partial charge in [-0.05, 0) is 11.6 Å². The molecule has 1 aromatic rings. The maximum atomic E-state index is 13.1. The zero-order valence-corrected chi connectivity index (χ0v) is 8.35. The average Bonchev–Trinajstić information content (AvgIpc) is 2.16. The zero-order chi connectivity index (χ0) is 9.68. The Morgan fingerprint density at radius 2 is 2.15 bits per heavy atom. The molecule has 0 fully saturated rings. The molecule has 0 aromatic heterocycles. The molecule has 0 saturated carbocycles. The maximum Gasteiger partial charge on any atom is 0.127 e. The monoisotopic (exact) mass is 200 g/mol. The Kier molecular flexibility index (Phi) is 4.25. The van der Waals surface area contributed by atoms with Crippen molar-refractivity contribution in [2.75, 3.05) is 6.61 Å². The number of hydrogen-bond donors (Lipinski definition) is 1. The maximum absolute atomic E-state index is 13.1. The lowest BCUT2D eigenvalue weighted by Crippen LogP contribution is -2.02. The second-order valence-corrected chi connectivity index (χ2v) is 4.32. The fourth-order valence-electron chi connectivity index (χ4n) is 0.900. The quantitative estimate of drug-likeness (QED) is 0.805. The predicted molar refractivity (Wildman–Crippen MR) is 54.2 cm³/mol. The molecule has 0 spiro atoms. The minimum atomic E-state index is -0.167. The third-order valence-electron chi connectivity index (χ3n) is 1.74. The van der Waals surface area contributed by atoms with Crippen molar-refractivity contribution < 1.29 is 9.50 Å². The van der Waals surface area contributed by atoms with Gasteiger partial charge in [-0.15, -0.1) is 0 Å². The second-order valence-electron chi connectivity index (χ2n) is 2.90. The van der Waals surface area contributed by atoms with E-state index >= 15 is 0 Å². The van der Waals surface area contributed by atoms with Gasteiger partial charge in [0, 0.05) is 11.0 Å². The lowest BCUT2D eigenvalue weighted by molar-refractivity contribution is 0.300. The summed E-state index contributed by atoms with van der Waals surface area (Å²) in [5.74, 6) is 0.453. The van der Waals surface area contributed by atoms with E-state index in [1.54, 1.807) is 23.9 Å². The van der Waals surface area contributed by atoms with Gasteiger partial charge in [-0.25, -0.2) is 4.39 Å². The Morgan fingerprint density at radius 1 is 1.46 bits per heavy atom. The van der Waals surface area contributed by atoms with E-state index in [0.717, 1.165) is 0 Å². The fraction of sp³-hybridized carbons (Fsp3) is 0.400. The van der Waals surface area contributed by atoms with Crippen LogP contribution in [-0.2, 0) is 5.75 Å². The molecule has 0 heterocycles. The summed E-state index contributed by atoms with van der Waals surface area (Å²) < 4.78 is 13.1. The number of hydrogen-bond acceptors (Lipinski definition) is 2. The van der Waals surface area contributed by atoms with Crippen LogP contribution in [0.1, 0.15) is 12.5 Å². The van der Waals surface area contributed by atoms with Gasteiger partial charge in [-0.3, -0.25) is 0 Å². The molecular weight excluding hydrogens is 187 g/mol. The van der Waals surface area contributed by atoms with E-state index in [1.807, 2.05) is 13.0 Å². The molecule has 13 heavy (non-hydrogen) atoms. The molecule has 0 aliphatic rings. The van der Waals surface area contributed by atoms with E-state index in [0.29, 0.717) is 11.3 Å². The number of thioether (sulfide) groups is 1. The smallest absolute Gasteiger partial charge is 0.127 e. The largest absolute Gasteiger partial charge is 0.395 e. The van der Waals surface area contributed by atoms with Gasteiger partial charge in [-0.1, -0.05) is 25.1 Å². The van der Waals surface area contributed by atoms with Gasteiger partial charge in [0.2, 0.25) is 0 Å². The molecule has 0 bridgehead atoms. The summed E-state index contributed by atoms with van der Waals surface area (Å²) in [6.07, 6.45) is 0. The van der Waals surface area contributed by atoms with Gasteiger partial charge in [0.1, 0.15) is 5.82 Å². The summed E-state index contributed by atoms with van der Waals surface area (Å²) in [5.41, 5.74) is 0.702. The van der Waals surface area contributed by atoms with Crippen molar-refractivity contribution in [2.45, 2.75) is 17.9 Å². The minimum absolute atomic E-state index is 0.138. The number of aliphatic hydroxyl groups is 1. The van der Waals surface area contributed by atoms with Crippen LogP contribution in [0.5, 0.6) is 0 Å². The highest BCUT2D eigenvalue weighted by Gasteiger charge is 2.04. The standard InChI is InChI=1S/C10H13FOS/c1-8(6-12)13-7-9-4-2-3-5-10(9)11/h2-5,8,12H,6-7H2,1H3. The first-order valence-corrected chi connectivity index (χ1v) is 5.24. The molecule has 72 valence electrons. The Bertz CT molecular complexity index is 265. The van der Waals surface area contributed by atoms with E-state index in [1.165, 1.54) is 6.07 Å². The van der Waals surface area contributed by atoms with Crippen molar-refractivity contribution >= 4 is 11.8 Å². The molecular formula is C10H13FOS. The van der Waals surface area contributed by atoms with E-state index < -0.39 is 0 Å². The van der Waals surface area contributed by atoms with Gasteiger partial charge in [0.15, 0.2) is 0 Å². The number of halogens is 1. The van der Waals surface area contributed by atoms with Gasteiger partial charge in [0.25, 0.3) is 0 Å². The topological polar surface area (TPSA) is 20.2 Å². The zero-order valence-electron chi connectivity index (χ0n) is 7.53. The van der Waals surface area contributed by atoms with Crippen LogP contribution >= 0.6 is 11.8 Å². The van der Waals surface area contributed by atoms with Crippen LogP contribution in [0.3, 0.4) is 0 Å². The lowest BCUT2D eigenvalue weighted by atomic mass is 10.2. The van der Waals surface area contributed by atoms with Crippen molar-refractivity contribution in [1.82, 2.24) is 0 Å². The summed E-state index contributed by atoms with van der Waals surface area (Å²) >= 11 is 1.55. The summed E-state index contributed by atoms with van der Waals surface area (Å²) in [7, 11) is 0. The van der Waals surface area contributed by atoms with Crippen molar-refractivity contribution in [3.05, 3.63) is 35.6 Å². The van der Waals surface area contributed by atoms with E-state index in [4.69, 9.17) is 5.11 Å². The Labute approximate surface area is 82.0 Å². The number of rotatable bonds is 4. The van der Waals surface area contributed by atoms with Gasteiger partial charge >= 0.3 is 0 Å². The highest BCUT2D eigenvalue weighted by molar-refractivity contribution is 7.99. The van der Waals surface area contributed by atoms with Crippen molar-refractivity contribution in [3.63, 3.8) is 0 Å². The van der Waals surface area contributed by atoms with Crippen LogP contribution in [0.4, 0.5) is 4.39 Å². The van der Waals surface area contributed by atoms with Crippen molar-refractivity contribution in [2.24, 2.45) is 0 Å². The normalized spacial score (nSPS) is 12.8. The Balaban J connectivity index is 2.50. The molecule has 0 amide bonds. The van der Waals surface area contributed by atoms with Crippen LogP contribution in [-0.4, -0.2) is 17.0 Å². The minimum Gasteiger partial charge on any atom is -0.395 e. The Hall–Kier alpha value is -0.540. The van der Waals surface area contributed by atoms with E-state index in [9.17, 15) is 4.39 Å². The molecule has 1 nitrogen and oxygen atoms in total. The van der Waals surface area contributed by atoms with Crippen molar-refractivity contribution in [1.29, 1.82) is 0 Å². The molecule has 1 N–H and O–H groups in total. The third-order valence-corrected chi connectivity index (χ3v) is 2.93. The molecule has 0 radical (unpaired) electrons. The SMILES string of the molecule is CC(CO)SCc1ccccc1F. The molecule has 0 aliphatic heterocycles. The first-order valence-electron chi connectivity index (χ1n) is 4.20.